The Kier molecular flexibility index (Phi) is 2.42. The molecule has 0 amide bonds. The highest BCUT2D eigenvalue weighted by Gasteiger charge is 1.95. The van der Waals surface area contributed by atoms with E-state index in [4.69, 9.17) is 4.80 Å². The number of benzene rings is 1. The molecule has 1 aromatic carbocycles. The lowest BCUT2D eigenvalue weighted by Crippen LogP contribution is -2.15. The average Bonchev–Trinajstić information content (AvgIpc) is 2.04. The van der Waals surface area contributed by atoms with Crippen LogP contribution in [0.25, 0.3) is 6.08 Å². The number of hydrogen-bond acceptors (Lipinski definition) is 1. The minimum atomic E-state index is -0.136. The van der Waals surface area contributed by atoms with E-state index in [2.05, 4.69) is 6.58 Å². The summed E-state index contributed by atoms with van der Waals surface area (Å²) in [6, 6.07) is 7.67. The fraction of sp³-hybridized carbons (Fsp3) is 0. The van der Waals surface area contributed by atoms with E-state index in [0.717, 1.165) is 10.8 Å². The van der Waals surface area contributed by atoms with Gasteiger partial charge in [0, 0.05) is 0 Å². The molecule has 1 rings (SSSR count). The second kappa shape index (κ2) is 3.34. The molecule has 0 aliphatic carbocycles. The van der Waals surface area contributed by atoms with E-state index < -0.39 is 0 Å². The van der Waals surface area contributed by atoms with Gasteiger partial charge >= 0.3 is 0 Å². The van der Waals surface area contributed by atoms with Crippen LogP contribution in [0.4, 0.5) is 0 Å². The Bertz CT molecular complexity index is 232. The lowest BCUT2D eigenvalue weighted by atomic mass is 10.2. The minimum absolute atomic E-state index is 0.136. The molecular weight excluding hydrogens is 140 g/mol. The van der Waals surface area contributed by atoms with E-state index in [1.165, 1.54) is 0 Å². The topological polar surface area (TPSA) is 20.2 Å². The number of hydrogen-bond donors (Lipinski definition) is 1. The first-order valence-corrected chi connectivity index (χ1v) is 3.95. The lowest BCUT2D eigenvalue weighted by molar-refractivity contribution is 0.615. The van der Waals surface area contributed by atoms with Gasteiger partial charge in [-0.25, -0.2) is 0 Å². The highest BCUT2D eigenvalue weighted by Crippen LogP contribution is 1.95. The molecule has 1 aromatic rings. The predicted octanol–water partition coefficient (Wildman–Crippen LogP) is 0.566. The van der Waals surface area contributed by atoms with Gasteiger partial charge in [0.2, 0.25) is 0 Å². The molecule has 0 saturated carbocycles. The van der Waals surface area contributed by atoms with Crippen molar-refractivity contribution in [1.82, 2.24) is 0 Å². The molecule has 0 spiro atoms. The minimum Gasteiger partial charge on any atom is -0.428 e. The van der Waals surface area contributed by atoms with Crippen molar-refractivity contribution in [2.24, 2.45) is 0 Å². The van der Waals surface area contributed by atoms with Crippen molar-refractivity contribution < 1.29 is 4.80 Å². The van der Waals surface area contributed by atoms with Gasteiger partial charge in [0.25, 0.3) is 9.76 Å². The van der Waals surface area contributed by atoms with Crippen molar-refractivity contribution in [1.29, 1.82) is 0 Å². The molecule has 0 saturated heterocycles. The van der Waals surface area contributed by atoms with Crippen LogP contribution in [0.5, 0.6) is 0 Å². The first-order valence-electron chi connectivity index (χ1n) is 3.00. The van der Waals surface area contributed by atoms with Crippen LogP contribution in [0, 0.1) is 0 Å². The summed E-state index contributed by atoms with van der Waals surface area (Å²) in [6.07, 6.45) is 1.75. The lowest BCUT2D eigenvalue weighted by Gasteiger charge is -1.97. The summed E-state index contributed by atoms with van der Waals surface area (Å²) >= 11 is 0. The van der Waals surface area contributed by atoms with Gasteiger partial charge in [-0.05, 0) is 10.8 Å². The Labute approximate surface area is 63.0 Å². The van der Waals surface area contributed by atoms with Gasteiger partial charge in [0.15, 0.2) is 0 Å². The molecule has 2 radical (unpaired) electrons. The smallest absolute Gasteiger partial charge is 0.266 e. The van der Waals surface area contributed by atoms with Crippen molar-refractivity contribution in [3.8, 4) is 0 Å². The fourth-order valence-electron chi connectivity index (χ4n) is 0.777. The standard InChI is InChI=1S/C8H8OSi/c1-2-7-5-3-4-6-8(7)10-9/h2-6,9H,1H2. The van der Waals surface area contributed by atoms with Crippen LogP contribution in [0.1, 0.15) is 5.56 Å². The Hall–Kier alpha value is -0.863. The molecule has 50 valence electrons. The van der Waals surface area contributed by atoms with E-state index in [9.17, 15) is 0 Å². The third-order valence-corrected chi connectivity index (χ3v) is 2.00. The summed E-state index contributed by atoms with van der Waals surface area (Å²) in [5, 5.41) is 0.956. The van der Waals surface area contributed by atoms with Gasteiger partial charge in [-0.1, -0.05) is 36.9 Å². The summed E-state index contributed by atoms with van der Waals surface area (Å²) in [5.41, 5.74) is 1.02. The summed E-state index contributed by atoms with van der Waals surface area (Å²) in [6.45, 7) is 3.63. The van der Waals surface area contributed by atoms with Crippen molar-refractivity contribution in [2.45, 2.75) is 0 Å². The molecule has 0 fully saturated rings. The molecular formula is C8H8OSi. The van der Waals surface area contributed by atoms with Gasteiger partial charge in [0.1, 0.15) is 0 Å². The summed E-state index contributed by atoms with van der Waals surface area (Å²) in [4.78, 5) is 8.83. The fourth-order valence-corrected chi connectivity index (χ4v) is 1.26. The van der Waals surface area contributed by atoms with E-state index in [1.54, 1.807) is 6.08 Å². The second-order valence-corrected chi connectivity index (χ2v) is 2.67. The molecule has 0 atom stereocenters. The average molecular weight is 148 g/mol. The third kappa shape index (κ3) is 1.34. The van der Waals surface area contributed by atoms with E-state index in [0.29, 0.717) is 0 Å². The monoisotopic (exact) mass is 148 g/mol. The molecule has 0 aromatic heterocycles. The van der Waals surface area contributed by atoms with Crippen molar-refractivity contribution in [3.63, 3.8) is 0 Å². The zero-order chi connectivity index (χ0) is 7.40. The highest BCUT2D eigenvalue weighted by atomic mass is 28.2. The van der Waals surface area contributed by atoms with Crippen LogP contribution in [0.2, 0.25) is 0 Å². The molecule has 10 heavy (non-hydrogen) atoms. The van der Waals surface area contributed by atoms with Crippen LogP contribution in [0.3, 0.4) is 0 Å². The molecule has 0 aliphatic heterocycles. The first-order chi connectivity index (χ1) is 4.88. The molecule has 1 N–H and O–H groups in total. The number of rotatable bonds is 2. The maximum Gasteiger partial charge on any atom is 0.266 e. The summed E-state index contributed by atoms with van der Waals surface area (Å²) < 4.78 is 0. The summed E-state index contributed by atoms with van der Waals surface area (Å²) in [7, 11) is -0.136. The van der Waals surface area contributed by atoms with Crippen LogP contribution in [0.15, 0.2) is 30.8 Å². The normalized spacial score (nSPS) is 9.30. The maximum atomic E-state index is 8.83. The largest absolute Gasteiger partial charge is 0.428 e. The quantitative estimate of drug-likeness (QED) is 0.608. The highest BCUT2D eigenvalue weighted by molar-refractivity contribution is 6.46. The van der Waals surface area contributed by atoms with E-state index >= 15 is 0 Å². The first kappa shape index (κ1) is 7.25. The van der Waals surface area contributed by atoms with Crippen molar-refractivity contribution >= 4 is 21.0 Å². The third-order valence-electron chi connectivity index (χ3n) is 1.30. The molecule has 0 heterocycles. The van der Waals surface area contributed by atoms with Crippen LogP contribution >= 0.6 is 0 Å². The van der Waals surface area contributed by atoms with Gasteiger partial charge < -0.3 is 4.80 Å². The van der Waals surface area contributed by atoms with Gasteiger partial charge in [-0.3, -0.25) is 0 Å². The molecule has 0 unspecified atom stereocenters. The second-order valence-electron chi connectivity index (χ2n) is 1.90. The zero-order valence-corrected chi connectivity index (χ0v) is 6.54. The molecule has 0 aliphatic rings. The molecule has 0 bridgehead atoms. The van der Waals surface area contributed by atoms with Crippen molar-refractivity contribution in [3.05, 3.63) is 36.4 Å². The Morgan fingerprint density at radius 3 is 2.60 bits per heavy atom. The van der Waals surface area contributed by atoms with E-state index in [-0.39, 0.29) is 9.76 Å². The Morgan fingerprint density at radius 2 is 2.10 bits per heavy atom. The SMILES string of the molecule is C=Cc1ccccc1[Si]O. The van der Waals surface area contributed by atoms with Crippen molar-refractivity contribution in [2.75, 3.05) is 0 Å². The molecule has 1 nitrogen and oxygen atoms in total. The Morgan fingerprint density at radius 1 is 1.40 bits per heavy atom. The molecule has 2 heteroatoms. The van der Waals surface area contributed by atoms with Crippen LogP contribution < -0.4 is 5.19 Å². The zero-order valence-electron chi connectivity index (χ0n) is 5.54. The predicted molar refractivity (Wildman–Crippen MR) is 44.1 cm³/mol. The van der Waals surface area contributed by atoms with Crippen LogP contribution in [-0.2, 0) is 0 Å². The van der Waals surface area contributed by atoms with Crippen LogP contribution in [-0.4, -0.2) is 14.6 Å². The summed E-state index contributed by atoms with van der Waals surface area (Å²) in [5.74, 6) is 0. The Balaban J connectivity index is 3.08. The maximum absolute atomic E-state index is 8.83. The van der Waals surface area contributed by atoms with Gasteiger partial charge in [-0.15, -0.1) is 0 Å². The van der Waals surface area contributed by atoms with Gasteiger partial charge in [0.05, 0.1) is 0 Å². The van der Waals surface area contributed by atoms with Gasteiger partial charge in [-0.2, -0.15) is 0 Å². The van der Waals surface area contributed by atoms with E-state index in [1.807, 2.05) is 24.3 Å².